The lowest BCUT2D eigenvalue weighted by Crippen LogP contribution is -2.32. The van der Waals surface area contributed by atoms with Gasteiger partial charge >= 0.3 is 0 Å². The van der Waals surface area contributed by atoms with Crippen LogP contribution in [0.4, 0.5) is 0 Å². The zero-order valence-electron chi connectivity index (χ0n) is 12.9. The number of rotatable bonds is 5. The van der Waals surface area contributed by atoms with Crippen LogP contribution in [0.3, 0.4) is 0 Å². The molecule has 0 aliphatic rings. The average Bonchev–Trinajstić information content (AvgIpc) is 2.29. The average molecular weight is 299 g/mol. The summed E-state index contributed by atoms with van der Waals surface area (Å²) in [4.78, 5) is 0. The Morgan fingerprint density at radius 3 is 2.35 bits per heavy atom. The maximum Gasteiger partial charge on any atom is 0.158 e. The Bertz CT molecular complexity index is 557. The van der Waals surface area contributed by atoms with Gasteiger partial charge in [-0.2, -0.15) is 0 Å². The van der Waals surface area contributed by atoms with E-state index in [4.69, 9.17) is 10.5 Å². The molecule has 0 saturated heterocycles. The highest BCUT2D eigenvalue weighted by Crippen LogP contribution is 2.22. The van der Waals surface area contributed by atoms with Crippen LogP contribution in [-0.4, -0.2) is 25.5 Å². The fraction of sp³-hybridized carbons (Fsp3) is 0.600. The molecule has 1 unspecified atom stereocenters. The molecule has 0 saturated carbocycles. The Kier molecular flexibility index (Phi) is 5.21. The predicted octanol–water partition coefficient (Wildman–Crippen LogP) is 2.61. The zero-order chi connectivity index (χ0) is 15.6. The van der Waals surface area contributed by atoms with Crippen molar-refractivity contribution in [2.75, 3.05) is 12.4 Å². The number of hydrogen-bond acceptors (Lipinski definition) is 4. The molecule has 0 bridgehead atoms. The minimum absolute atomic E-state index is 0.0188. The van der Waals surface area contributed by atoms with Gasteiger partial charge in [0.25, 0.3) is 0 Å². The van der Waals surface area contributed by atoms with Crippen LogP contribution >= 0.6 is 0 Å². The molecule has 0 heterocycles. The van der Waals surface area contributed by atoms with Crippen molar-refractivity contribution in [1.82, 2.24) is 0 Å². The summed E-state index contributed by atoms with van der Waals surface area (Å²) in [5.41, 5.74) is 7.82. The highest BCUT2D eigenvalue weighted by Gasteiger charge is 2.28. The molecule has 0 spiro atoms. The lowest BCUT2D eigenvalue weighted by molar-refractivity contribution is 0.337. The zero-order valence-corrected chi connectivity index (χ0v) is 13.8. The first-order chi connectivity index (χ1) is 9.04. The molecule has 0 radical (unpaired) electrons. The second kappa shape index (κ2) is 6.14. The summed E-state index contributed by atoms with van der Waals surface area (Å²) in [6.45, 7) is 9.11. The van der Waals surface area contributed by atoms with E-state index in [1.165, 1.54) is 0 Å². The van der Waals surface area contributed by atoms with Crippen LogP contribution in [0.5, 0.6) is 5.75 Å². The van der Waals surface area contributed by atoms with E-state index >= 15 is 0 Å². The van der Waals surface area contributed by atoms with Crippen molar-refractivity contribution in [3.05, 3.63) is 29.3 Å². The third-order valence-corrected chi connectivity index (χ3v) is 5.84. The normalized spacial score (nSPS) is 14.1. The Labute approximate surface area is 122 Å². The van der Waals surface area contributed by atoms with E-state index in [0.717, 1.165) is 11.1 Å². The third-order valence-electron chi connectivity index (χ3n) is 3.27. The summed E-state index contributed by atoms with van der Waals surface area (Å²) >= 11 is 0. The van der Waals surface area contributed by atoms with Crippen molar-refractivity contribution in [1.29, 1.82) is 0 Å². The van der Waals surface area contributed by atoms with Crippen molar-refractivity contribution in [3.8, 4) is 5.75 Å². The summed E-state index contributed by atoms with van der Waals surface area (Å²) in [6, 6.07) is 5.70. The first-order valence-electron chi connectivity index (χ1n) is 6.76. The van der Waals surface area contributed by atoms with Gasteiger partial charge in [0.1, 0.15) is 12.4 Å². The van der Waals surface area contributed by atoms with Gasteiger partial charge in [-0.15, -0.1) is 0 Å². The van der Waals surface area contributed by atoms with Crippen LogP contribution in [-0.2, 0) is 9.84 Å². The first kappa shape index (κ1) is 17.0. The minimum atomic E-state index is -3.15. The van der Waals surface area contributed by atoms with Gasteiger partial charge in [-0.1, -0.05) is 12.1 Å². The standard InChI is InChI=1S/C15H25NO3S/c1-11-10-13(12(2)16)6-7-14(11)19-8-9-20(17,18)15(3,4)5/h6-7,10,12H,8-9,16H2,1-5H3. The Morgan fingerprint density at radius 1 is 1.30 bits per heavy atom. The number of benzene rings is 1. The van der Waals surface area contributed by atoms with E-state index in [1.807, 2.05) is 32.0 Å². The molecule has 0 aliphatic heterocycles. The lowest BCUT2D eigenvalue weighted by Gasteiger charge is -2.19. The molecule has 2 N–H and O–H groups in total. The molecule has 114 valence electrons. The van der Waals surface area contributed by atoms with Crippen molar-refractivity contribution in [3.63, 3.8) is 0 Å². The molecule has 5 heteroatoms. The van der Waals surface area contributed by atoms with E-state index in [-0.39, 0.29) is 18.4 Å². The SMILES string of the molecule is Cc1cc(C(C)N)ccc1OCCS(=O)(=O)C(C)(C)C. The largest absolute Gasteiger partial charge is 0.492 e. The van der Waals surface area contributed by atoms with Gasteiger partial charge in [0.15, 0.2) is 9.84 Å². The Morgan fingerprint density at radius 2 is 1.90 bits per heavy atom. The predicted molar refractivity (Wildman–Crippen MR) is 82.8 cm³/mol. The highest BCUT2D eigenvalue weighted by atomic mass is 32.2. The maximum absolute atomic E-state index is 12.0. The van der Waals surface area contributed by atoms with Crippen molar-refractivity contribution in [2.45, 2.75) is 45.4 Å². The van der Waals surface area contributed by atoms with Crippen LogP contribution in [0.25, 0.3) is 0 Å². The quantitative estimate of drug-likeness (QED) is 0.907. The fourth-order valence-electron chi connectivity index (χ4n) is 1.69. The monoisotopic (exact) mass is 299 g/mol. The number of nitrogens with two attached hydrogens (primary N) is 1. The van der Waals surface area contributed by atoms with Gasteiger partial charge in [-0.3, -0.25) is 0 Å². The highest BCUT2D eigenvalue weighted by molar-refractivity contribution is 7.92. The second-order valence-corrected chi connectivity index (χ2v) is 8.96. The molecule has 4 nitrogen and oxygen atoms in total. The number of sulfone groups is 1. The summed E-state index contributed by atoms with van der Waals surface area (Å²) in [6.07, 6.45) is 0. The van der Waals surface area contributed by atoms with E-state index < -0.39 is 14.6 Å². The number of aryl methyl sites for hydroxylation is 1. The smallest absolute Gasteiger partial charge is 0.158 e. The van der Waals surface area contributed by atoms with Crippen molar-refractivity contribution in [2.24, 2.45) is 5.73 Å². The van der Waals surface area contributed by atoms with Crippen LogP contribution in [0, 0.1) is 6.92 Å². The second-order valence-electron chi connectivity index (χ2n) is 6.09. The molecule has 1 atom stereocenters. The van der Waals surface area contributed by atoms with Gasteiger partial charge in [0.2, 0.25) is 0 Å². The fourth-order valence-corrected chi connectivity index (χ4v) is 2.60. The summed E-state index contributed by atoms with van der Waals surface area (Å²) < 4.78 is 28.8. The van der Waals surface area contributed by atoms with Gasteiger partial charge < -0.3 is 10.5 Å². The molecule has 0 fully saturated rings. The van der Waals surface area contributed by atoms with E-state index in [1.54, 1.807) is 20.8 Å². The number of ether oxygens (including phenoxy) is 1. The minimum Gasteiger partial charge on any atom is -0.492 e. The van der Waals surface area contributed by atoms with E-state index in [0.29, 0.717) is 5.75 Å². The van der Waals surface area contributed by atoms with Gasteiger partial charge in [-0.25, -0.2) is 8.42 Å². The van der Waals surface area contributed by atoms with Gasteiger partial charge in [-0.05, 0) is 51.8 Å². The molecule has 1 aromatic carbocycles. The first-order valence-corrected chi connectivity index (χ1v) is 8.41. The summed E-state index contributed by atoms with van der Waals surface area (Å²) in [5.74, 6) is 0.726. The maximum atomic E-state index is 12.0. The summed E-state index contributed by atoms with van der Waals surface area (Å²) in [7, 11) is -3.15. The van der Waals surface area contributed by atoms with E-state index in [2.05, 4.69) is 0 Å². The topological polar surface area (TPSA) is 69.4 Å². The Balaban J connectivity index is 2.68. The Hall–Kier alpha value is -1.07. The lowest BCUT2D eigenvalue weighted by atomic mass is 10.1. The molecule has 20 heavy (non-hydrogen) atoms. The molecular weight excluding hydrogens is 274 g/mol. The van der Waals surface area contributed by atoms with E-state index in [9.17, 15) is 8.42 Å². The third kappa shape index (κ3) is 4.21. The van der Waals surface area contributed by atoms with Gasteiger partial charge in [0.05, 0.1) is 10.5 Å². The van der Waals surface area contributed by atoms with Crippen LogP contribution in [0.1, 0.15) is 44.9 Å². The molecule has 1 aromatic rings. The molecule has 1 rings (SSSR count). The van der Waals surface area contributed by atoms with Crippen LogP contribution in [0.15, 0.2) is 18.2 Å². The van der Waals surface area contributed by atoms with Crippen molar-refractivity contribution >= 4 is 9.84 Å². The van der Waals surface area contributed by atoms with Gasteiger partial charge in [0, 0.05) is 6.04 Å². The van der Waals surface area contributed by atoms with Crippen molar-refractivity contribution < 1.29 is 13.2 Å². The summed E-state index contributed by atoms with van der Waals surface area (Å²) in [5, 5.41) is 0. The molecular formula is C15H25NO3S. The van der Waals surface area contributed by atoms with Crippen LogP contribution < -0.4 is 10.5 Å². The molecule has 0 aromatic heterocycles. The number of hydrogen-bond donors (Lipinski definition) is 1. The molecule has 0 aliphatic carbocycles. The van der Waals surface area contributed by atoms with Crippen LogP contribution in [0.2, 0.25) is 0 Å². The molecule has 0 amide bonds.